The van der Waals surface area contributed by atoms with E-state index in [0.29, 0.717) is 5.33 Å². The number of halogens is 1. The van der Waals surface area contributed by atoms with Crippen molar-refractivity contribution in [1.29, 1.82) is 0 Å². The number of rotatable bonds is 2. The third-order valence-corrected chi connectivity index (χ3v) is 2.19. The largest absolute Gasteiger partial charge is 0.293 e. The summed E-state index contributed by atoms with van der Waals surface area (Å²) < 4.78 is 0. The van der Waals surface area contributed by atoms with E-state index in [1.807, 2.05) is 12.2 Å². The number of Topliss-reactive ketones (excluding diaryl/α,β-unsaturated/α-hetero) is 1. The number of alkyl halides is 1. The van der Waals surface area contributed by atoms with E-state index in [-0.39, 0.29) is 5.78 Å². The molecule has 0 saturated carbocycles. The summed E-state index contributed by atoms with van der Waals surface area (Å²) in [6.07, 6.45) is 9.30. The molecule has 0 unspecified atom stereocenters. The second-order valence-corrected chi connectivity index (χ2v) is 3.11. The van der Waals surface area contributed by atoms with Crippen LogP contribution in [0.3, 0.4) is 0 Å². The molecular formula is C9H11BrO. The van der Waals surface area contributed by atoms with Crippen LogP contribution in [0.4, 0.5) is 0 Å². The minimum absolute atomic E-state index is 0.183. The molecule has 0 amide bonds. The number of hydrogen-bond donors (Lipinski definition) is 0. The van der Waals surface area contributed by atoms with Crippen LogP contribution in [0.1, 0.15) is 19.3 Å². The van der Waals surface area contributed by atoms with Crippen molar-refractivity contribution in [1.82, 2.24) is 0 Å². The van der Waals surface area contributed by atoms with Gasteiger partial charge in [-0.15, -0.1) is 0 Å². The fourth-order valence-corrected chi connectivity index (χ4v) is 1.38. The summed E-state index contributed by atoms with van der Waals surface area (Å²) in [5.41, 5.74) is 0.861. The summed E-state index contributed by atoms with van der Waals surface area (Å²) in [5, 5.41) is 0.434. The predicted molar refractivity (Wildman–Crippen MR) is 49.9 cm³/mol. The zero-order valence-electron chi connectivity index (χ0n) is 6.35. The molecule has 0 spiro atoms. The molecule has 0 N–H and O–H groups in total. The summed E-state index contributed by atoms with van der Waals surface area (Å²) in [6, 6.07) is 0. The Morgan fingerprint density at radius 3 is 3.09 bits per heavy atom. The monoisotopic (exact) mass is 214 g/mol. The number of hydrogen-bond acceptors (Lipinski definition) is 1. The van der Waals surface area contributed by atoms with E-state index in [4.69, 9.17) is 0 Å². The minimum atomic E-state index is 0.183. The SMILES string of the molecule is O=C(CBr)C1=CCCCC=C1. The summed E-state index contributed by atoms with van der Waals surface area (Å²) >= 11 is 3.15. The molecule has 0 bridgehead atoms. The molecule has 0 aromatic heterocycles. The number of allylic oxidation sites excluding steroid dienone is 4. The molecule has 2 heteroatoms. The lowest BCUT2D eigenvalue weighted by molar-refractivity contribution is -0.112. The first-order valence-electron chi connectivity index (χ1n) is 3.80. The zero-order valence-corrected chi connectivity index (χ0v) is 7.93. The number of carbonyl (C=O) groups is 1. The summed E-state index contributed by atoms with van der Waals surface area (Å²) in [6.45, 7) is 0. The summed E-state index contributed by atoms with van der Waals surface area (Å²) in [7, 11) is 0. The van der Waals surface area contributed by atoms with E-state index in [0.717, 1.165) is 24.8 Å². The van der Waals surface area contributed by atoms with Gasteiger partial charge in [0.1, 0.15) is 0 Å². The fraction of sp³-hybridized carbons (Fsp3) is 0.444. The first-order chi connectivity index (χ1) is 5.34. The van der Waals surface area contributed by atoms with Gasteiger partial charge in [0.2, 0.25) is 0 Å². The van der Waals surface area contributed by atoms with Crippen LogP contribution in [0, 0.1) is 0 Å². The van der Waals surface area contributed by atoms with Gasteiger partial charge in [0.25, 0.3) is 0 Å². The Hall–Kier alpha value is -0.370. The summed E-state index contributed by atoms with van der Waals surface area (Å²) in [4.78, 5) is 11.2. The Morgan fingerprint density at radius 1 is 1.55 bits per heavy atom. The quantitative estimate of drug-likeness (QED) is 0.647. The van der Waals surface area contributed by atoms with Gasteiger partial charge in [-0.25, -0.2) is 0 Å². The lowest BCUT2D eigenvalue weighted by atomic mass is 10.1. The molecule has 1 aliphatic carbocycles. The third kappa shape index (κ3) is 2.62. The standard InChI is InChI=1S/C9H11BrO/c10-7-9(11)8-5-3-1-2-4-6-8/h3,5-6H,1-2,4,7H2. The smallest absolute Gasteiger partial charge is 0.173 e. The first-order valence-corrected chi connectivity index (χ1v) is 4.92. The normalized spacial score (nSPS) is 17.4. The van der Waals surface area contributed by atoms with E-state index in [1.54, 1.807) is 0 Å². The van der Waals surface area contributed by atoms with E-state index in [2.05, 4.69) is 22.0 Å². The fourth-order valence-electron chi connectivity index (χ4n) is 1.06. The highest BCUT2D eigenvalue weighted by molar-refractivity contribution is 9.09. The van der Waals surface area contributed by atoms with Crippen LogP contribution >= 0.6 is 15.9 Å². The van der Waals surface area contributed by atoms with Gasteiger partial charge in [-0.1, -0.05) is 34.2 Å². The predicted octanol–water partition coefficient (Wildman–Crippen LogP) is 2.62. The van der Waals surface area contributed by atoms with E-state index >= 15 is 0 Å². The molecule has 11 heavy (non-hydrogen) atoms. The van der Waals surface area contributed by atoms with Crippen molar-refractivity contribution in [2.75, 3.05) is 5.33 Å². The van der Waals surface area contributed by atoms with Gasteiger partial charge in [-0.3, -0.25) is 4.79 Å². The minimum Gasteiger partial charge on any atom is -0.293 e. The van der Waals surface area contributed by atoms with Crippen LogP contribution in [0.5, 0.6) is 0 Å². The highest BCUT2D eigenvalue weighted by Gasteiger charge is 2.04. The molecule has 1 rings (SSSR count). The topological polar surface area (TPSA) is 17.1 Å². The Balaban J connectivity index is 2.67. The lowest BCUT2D eigenvalue weighted by Gasteiger charge is -1.94. The average molecular weight is 215 g/mol. The van der Waals surface area contributed by atoms with Gasteiger partial charge >= 0.3 is 0 Å². The van der Waals surface area contributed by atoms with E-state index < -0.39 is 0 Å². The Kier molecular flexibility index (Phi) is 3.57. The molecule has 1 aliphatic rings. The molecule has 0 saturated heterocycles. The molecule has 0 aromatic carbocycles. The van der Waals surface area contributed by atoms with Crippen LogP contribution in [0.15, 0.2) is 23.8 Å². The van der Waals surface area contributed by atoms with Crippen molar-refractivity contribution in [3.63, 3.8) is 0 Å². The van der Waals surface area contributed by atoms with Crippen molar-refractivity contribution in [3.05, 3.63) is 23.8 Å². The summed E-state index contributed by atoms with van der Waals surface area (Å²) in [5.74, 6) is 0.183. The van der Waals surface area contributed by atoms with Crippen molar-refractivity contribution in [2.24, 2.45) is 0 Å². The van der Waals surface area contributed by atoms with Crippen molar-refractivity contribution >= 4 is 21.7 Å². The highest BCUT2D eigenvalue weighted by atomic mass is 79.9. The molecule has 0 radical (unpaired) electrons. The van der Waals surface area contributed by atoms with Gasteiger partial charge in [0, 0.05) is 5.57 Å². The van der Waals surface area contributed by atoms with Crippen LogP contribution in [-0.4, -0.2) is 11.1 Å². The van der Waals surface area contributed by atoms with Crippen LogP contribution in [0.25, 0.3) is 0 Å². The maximum absolute atomic E-state index is 11.2. The molecular weight excluding hydrogens is 204 g/mol. The Labute approximate surface area is 75.3 Å². The molecule has 0 heterocycles. The highest BCUT2D eigenvalue weighted by Crippen LogP contribution is 2.11. The molecule has 1 nitrogen and oxygen atoms in total. The Morgan fingerprint density at radius 2 is 2.36 bits per heavy atom. The second kappa shape index (κ2) is 4.50. The van der Waals surface area contributed by atoms with Gasteiger partial charge in [-0.2, -0.15) is 0 Å². The van der Waals surface area contributed by atoms with E-state index in [1.165, 1.54) is 0 Å². The maximum atomic E-state index is 11.2. The molecule has 60 valence electrons. The van der Waals surface area contributed by atoms with Gasteiger partial charge < -0.3 is 0 Å². The zero-order chi connectivity index (χ0) is 8.10. The average Bonchev–Trinajstić information content (AvgIpc) is 2.30. The van der Waals surface area contributed by atoms with Crippen molar-refractivity contribution in [3.8, 4) is 0 Å². The molecule has 0 aliphatic heterocycles. The van der Waals surface area contributed by atoms with Crippen LogP contribution in [0.2, 0.25) is 0 Å². The molecule has 0 atom stereocenters. The number of ketones is 1. The maximum Gasteiger partial charge on any atom is 0.173 e. The van der Waals surface area contributed by atoms with Crippen molar-refractivity contribution in [2.45, 2.75) is 19.3 Å². The number of carbonyl (C=O) groups excluding carboxylic acids is 1. The van der Waals surface area contributed by atoms with E-state index in [9.17, 15) is 4.79 Å². The van der Waals surface area contributed by atoms with Gasteiger partial charge in [0.15, 0.2) is 5.78 Å². The second-order valence-electron chi connectivity index (χ2n) is 2.55. The van der Waals surface area contributed by atoms with Crippen molar-refractivity contribution < 1.29 is 4.79 Å². The van der Waals surface area contributed by atoms with Crippen LogP contribution < -0.4 is 0 Å². The van der Waals surface area contributed by atoms with Crippen LogP contribution in [-0.2, 0) is 4.79 Å². The lowest BCUT2D eigenvalue weighted by Crippen LogP contribution is -2.00. The Bertz CT molecular complexity index is 204. The first kappa shape index (κ1) is 8.72. The molecule has 0 fully saturated rings. The van der Waals surface area contributed by atoms with Gasteiger partial charge in [0.05, 0.1) is 5.33 Å². The van der Waals surface area contributed by atoms with Gasteiger partial charge in [-0.05, 0) is 19.3 Å². The molecule has 0 aromatic rings. The third-order valence-electron chi connectivity index (χ3n) is 1.68.